The van der Waals surface area contributed by atoms with Gasteiger partial charge in [0.2, 0.25) is 0 Å². The molecule has 9 heteroatoms. The van der Waals surface area contributed by atoms with Crippen LogP contribution >= 0.6 is 0 Å². The molecule has 160 valence electrons. The van der Waals surface area contributed by atoms with Crippen molar-refractivity contribution in [1.29, 1.82) is 0 Å². The van der Waals surface area contributed by atoms with Crippen molar-refractivity contribution in [3.63, 3.8) is 0 Å². The van der Waals surface area contributed by atoms with Gasteiger partial charge in [-0.2, -0.15) is 13.2 Å². The van der Waals surface area contributed by atoms with E-state index in [4.69, 9.17) is 9.72 Å². The largest absolute Gasteiger partial charge is 0.417 e. The van der Waals surface area contributed by atoms with Crippen LogP contribution < -0.4 is 15.5 Å². The minimum Gasteiger partial charge on any atom is -0.374 e. The van der Waals surface area contributed by atoms with Gasteiger partial charge in [-0.05, 0) is 50.6 Å². The minimum absolute atomic E-state index is 0.276. The summed E-state index contributed by atoms with van der Waals surface area (Å²) < 4.78 is 44.2. The second-order valence-corrected chi connectivity index (χ2v) is 8.21. The summed E-state index contributed by atoms with van der Waals surface area (Å²) in [5, 5.41) is 6.48. The van der Waals surface area contributed by atoms with Gasteiger partial charge in [0.1, 0.15) is 11.6 Å². The highest BCUT2D eigenvalue weighted by Crippen LogP contribution is 2.36. The van der Waals surface area contributed by atoms with Crippen molar-refractivity contribution in [2.75, 3.05) is 36.5 Å². The van der Waals surface area contributed by atoms with Gasteiger partial charge in [0.05, 0.1) is 24.3 Å². The number of aromatic nitrogens is 2. The number of piperidine rings is 1. The van der Waals surface area contributed by atoms with Crippen LogP contribution in [0, 0.1) is 0 Å². The first-order chi connectivity index (χ1) is 14.5. The molecule has 2 N–H and O–H groups in total. The van der Waals surface area contributed by atoms with Gasteiger partial charge in [0.25, 0.3) is 0 Å². The Morgan fingerprint density at radius 1 is 1.13 bits per heavy atom. The first-order valence-corrected chi connectivity index (χ1v) is 10.4. The number of anilines is 3. The normalized spacial score (nSPS) is 24.4. The Morgan fingerprint density at radius 2 is 1.97 bits per heavy atom. The Morgan fingerprint density at radius 3 is 2.60 bits per heavy atom. The van der Waals surface area contributed by atoms with Crippen molar-refractivity contribution in [1.82, 2.24) is 15.3 Å². The summed E-state index contributed by atoms with van der Waals surface area (Å²) >= 11 is 0. The van der Waals surface area contributed by atoms with Gasteiger partial charge in [-0.15, -0.1) is 0 Å². The highest BCUT2D eigenvalue weighted by Gasteiger charge is 2.39. The lowest BCUT2D eigenvalue weighted by Crippen LogP contribution is -2.37. The molecule has 6 nitrogen and oxygen atoms in total. The monoisotopic (exact) mass is 419 g/mol. The lowest BCUT2D eigenvalue weighted by Gasteiger charge is -2.30. The molecule has 2 atom stereocenters. The third kappa shape index (κ3) is 3.96. The zero-order valence-electron chi connectivity index (χ0n) is 16.5. The highest BCUT2D eigenvalue weighted by atomic mass is 19.4. The van der Waals surface area contributed by atoms with Gasteiger partial charge in [-0.1, -0.05) is 0 Å². The van der Waals surface area contributed by atoms with Crippen LogP contribution in [0.3, 0.4) is 0 Å². The quantitative estimate of drug-likeness (QED) is 0.788. The Hall–Kier alpha value is -2.39. The summed E-state index contributed by atoms with van der Waals surface area (Å²) in [5.41, 5.74) is 1.34. The Balaban J connectivity index is 1.43. The molecule has 2 aromatic rings. The van der Waals surface area contributed by atoms with E-state index in [1.54, 1.807) is 0 Å². The number of nitrogens with zero attached hydrogens (tertiary/aromatic N) is 3. The second kappa shape index (κ2) is 7.70. The molecule has 2 aromatic heterocycles. The molecule has 0 radical (unpaired) electrons. The molecule has 5 heterocycles. The standard InChI is InChI=1S/C21H24F3N5O/c22-21(23,24)14-1-2-19(26-10-14)28-20-9-15(29-11-17-7-16(29)12-30-17)8-18(27-20)13-3-5-25-6-4-13/h1-2,8-10,13,16-17,25H,3-7,11-12H2,(H,26,27,28). The number of fused-ring (bicyclic) bond motifs is 2. The average Bonchev–Trinajstić information content (AvgIpc) is 3.38. The smallest absolute Gasteiger partial charge is 0.374 e. The molecule has 5 rings (SSSR count). The number of nitrogens with one attached hydrogen (secondary N) is 2. The van der Waals surface area contributed by atoms with E-state index in [9.17, 15) is 13.2 Å². The zero-order valence-corrected chi connectivity index (χ0v) is 16.5. The first kappa shape index (κ1) is 19.6. The summed E-state index contributed by atoms with van der Waals surface area (Å²) in [7, 11) is 0. The summed E-state index contributed by atoms with van der Waals surface area (Å²) in [6.07, 6.45) is -0.209. The van der Waals surface area contributed by atoms with E-state index in [1.165, 1.54) is 6.07 Å². The fourth-order valence-corrected chi connectivity index (χ4v) is 4.58. The van der Waals surface area contributed by atoms with Crippen LogP contribution in [0.15, 0.2) is 30.5 Å². The number of rotatable bonds is 4. The lowest BCUT2D eigenvalue weighted by molar-refractivity contribution is -0.137. The molecular formula is C21H24F3N5O. The maximum absolute atomic E-state index is 12.8. The summed E-state index contributed by atoms with van der Waals surface area (Å²) in [5.74, 6) is 1.32. The minimum atomic E-state index is -4.40. The molecule has 3 fully saturated rings. The van der Waals surface area contributed by atoms with Crippen molar-refractivity contribution in [3.8, 4) is 0 Å². The van der Waals surface area contributed by atoms with E-state index in [2.05, 4.69) is 26.6 Å². The number of morpholine rings is 1. The fraction of sp³-hybridized carbons (Fsp3) is 0.524. The molecule has 30 heavy (non-hydrogen) atoms. The van der Waals surface area contributed by atoms with Gasteiger partial charge in [-0.25, -0.2) is 9.97 Å². The zero-order chi connectivity index (χ0) is 20.7. The second-order valence-electron chi connectivity index (χ2n) is 8.21. The molecule has 3 saturated heterocycles. The summed E-state index contributed by atoms with van der Waals surface area (Å²) in [6, 6.07) is 6.87. The Bertz CT molecular complexity index is 899. The lowest BCUT2D eigenvalue weighted by atomic mass is 9.93. The van der Waals surface area contributed by atoms with Crippen LogP contribution in [0.4, 0.5) is 30.5 Å². The van der Waals surface area contributed by atoms with Crippen LogP contribution in [0.5, 0.6) is 0 Å². The molecule has 0 aliphatic carbocycles. The van der Waals surface area contributed by atoms with Crippen LogP contribution in [0.1, 0.15) is 36.4 Å². The molecule has 2 unspecified atom stereocenters. The number of hydrogen-bond acceptors (Lipinski definition) is 6. The number of pyridine rings is 2. The molecule has 0 saturated carbocycles. The summed E-state index contributed by atoms with van der Waals surface area (Å²) in [4.78, 5) is 11.1. The van der Waals surface area contributed by atoms with Gasteiger partial charge in [0.15, 0.2) is 0 Å². The number of hydrogen-bond donors (Lipinski definition) is 2. The summed E-state index contributed by atoms with van der Waals surface area (Å²) in [6.45, 7) is 3.52. The van der Waals surface area contributed by atoms with Crippen LogP contribution in [0.25, 0.3) is 0 Å². The number of ether oxygens (including phenoxy) is 1. The molecule has 0 aromatic carbocycles. The van der Waals surface area contributed by atoms with Crippen molar-refractivity contribution in [3.05, 3.63) is 41.7 Å². The van der Waals surface area contributed by atoms with Crippen molar-refractivity contribution in [2.45, 2.75) is 43.5 Å². The van der Waals surface area contributed by atoms with E-state index < -0.39 is 11.7 Å². The predicted octanol–water partition coefficient (Wildman–Crippen LogP) is 3.68. The van der Waals surface area contributed by atoms with Crippen molar-refractivity contribution < 1.29 is 17.9 Å². The molecule has 0 amide bonds. The highest BCUT2D eigenvalue weighted by molar-refractivity contribution is 5.62. The van der Waals surface area contributed by atoms with Gasteiger partial charge < -0.3 is 20.3 Å². The molecular weight excluding hydrogens is 395 g/mol. The third-order valence-corrected chi connectivity index (χ3v) is 6.17. The number of alkyl halides is 3. The molecule has 3 aliphatic rings. The Kier molecular flexibility index (Phi) is 5.02. The van der Waals surface area contributed by atoms with E-state index in [1.807, 2.05) is 6.07 Å². The van der Waals surface area contributed by atoms with Crippen LogP contribution in [-0.2, 0) is 10.9 Å². The SMILES string of the molecule is FC(F)(F)c1ccc(Nc2cc(N3CC4CC3CO4)cc(C3CCNCC3)n2)nc1. The van der Waals surface area contributed by atoms with Gasteiger partial charge in [-0.3, -0.25) is 0 Å². The van der Waals surface area contributed by atoms with Crippen molar-refractivity contribution >= 4 is 17.3 Å². The maximum Gasteiger partial charge on any atom is 0.417 e. The predicted molar refractivity (Wildman–Crippen MR) is 107 cm³/mol. The van der Waals surface area contributed by atoms with Gasteiger partial charge in [0, 0.05) is 36.1 Å². The molecule has 3 aliphatic heterocycles. The Labute approximate surface area is 172 Å². The van der Waals surface area contributed by atoms with Gasteiger partial charge >= 0.3 is 6.18 Å². The topological polar surface area (TPSA) is 62.3 Å². The number of halogens is 3. The molecule has 2 bridgehead atoms. The van der Waals surface area contributed by atoms with E-state index in [-0.39, 0.29) is 6.10 Å². The van der Waals surface area contributed by atoms with E-state index in [0.717, 1.165) is 69.1 Å². The fourth-order valence-electron chi connectivity index (χ4n) is 4.58. The van der Waals surface area contributed by atoms with Crippen LogP contribution in [-0.4, -0.2) is 48.4 Å². The maximum atomic E-state index is 12.8. The third-order valence-electron chi connectivity index (χ3n) is 6.17. The van der Waals surface area contributed by atoms with Crippen LogP contribution in [0.2, 0.25) is 0 Å². The van der Waals surface area contributed by atoms with Crippen molar-refractivity contribution in [2.24, 2.45) is 0 Å². The first-order valence-electron chi connectivity index (χ1n) is 10.4. The van der Waals surface area contributed by atoms with E-state index >= 15 is 0 Å². The van der Waals surface area contributed by atoms with E-state index in [0.29, 0.717) is 23.6 Å². The average molecular weight is 419 g/mol. The molecule has 0 spiro atoms.